The molecule has 1 fully saturated rings. The largest absolute Gasteiger partial charge is 0.490 e. The van der Waals surface area contributed by atoms with Crippen molar-refractivity contribution in [2.24, 2.45) is 17.4 Å². The molecule has 0 spiro atoms. The molecule has 13 nitrogen and oxygen atoms in total. The van der Waals surface area contributed by atoms with Gasteiger partial charge >= 0.3 is 31.4 Å². The molecule has 3 atom stereocenters. The Kier molecular flexibility index (Phi) is 18.2. The van der Waals surface area contributed by atoms with Crippen LogP contribution >= 0.6 is 13.5 Å². The third-order valence-electron chi connectivity index (χ3n) is 4.53. The molecular formula is C16H30BF6N3O10S2. The molecule has 226 valence electrons. The van der Waals surface area contributed by atoms with Crippen LogP contribution in [0.4, 0.5) is 26.3 Å². The van der Waals surface area contributed by atoms with Gasteiger partial charge in [-0.2, -0.15) is 44.1 Å². The lowest BCUT2D eigenvalue weighted by Gasteiger charge is -2.28. The van der Waals surface area contributed by atoms with Gasteiger partial charge in [0.2, 0.25) is 10.0 Å². The lowest BCUT2D eigenvalue weighted by atomic mass is 9.81. The van der Waals surface area contributed by atoms with E-state index in [0.29, 0.717) is 19.3 Å². The van der Waals surface area contributed by atoms with Gasteiger partial charge in [-0.1, -0.05) is 6.42 Å². The van der Waals surface area contributed by atoms with Crippen molar-refractivity contribution in [3.63, 3.8) is 0 Å². The number of carbonyl (C=O) groups excluding carboxylic acids is 1. The Labute approximate surface area is 220 Å². The summed E-state index contributed by atoms with van der Waals surface area (Å²) in [4.78, 5) is 28.5. The highest BCUT2D eigenvalue weighted by Gasteiger charge is 2.49. The molecule has 0 aromatic heterocycles. The van der Waals surface area contributed by atoms with Crippen LogP contribution in [-0.4, -0.2) is 101 Å². The number of nitrogens with two attached hydrogens (primary N) is 2. The minimum atomic E-state index is -5.08. The molecule has 0 radical (unpaired) electrons. The van der Waals surface area contributed by atoms with E-state index in [1.165, 1.54) is 4.31 Å². The SMILES string of the molecule is C[C@H](N)CCS(=O)(=O)N1C[C@H](CCCB(O)O)[C@](N)(OC=O)C1.O=C(O)C(F)(F)F.O=C(O)C(F)(F)F.S. The van der Waals surface area contributed by atoms with E-state index in [2.05, 4.69) is 0 Å². The Hall–Kier alpha value is -1.85. The van der Waals surface area contributed by atoms with Crippen molar-refractivity contribution < 1.29 is 74.1 Å². The standard InChI is InChI=1S/C12H26BN3O6S.2C2HF3O2.H2S/c1-10(14)4-6-23(20,21)16-7-11(3-2-5-13(18)19)12(15,8-16)22-9-17;2*3-2(4,5)1(6)7;/h9-11,18-19H,2-8,14-15H2,1H3;2*(H,6,7);1H2/t10-,11-,12+;;;/m0.../s1. The van der Waals surface area contributed by atoms with Crippen LogP contribution in [0.15, 0.2) is 0 Å². The number of hydrogen-bond donors (Lipinski definition) is 6. The average molecular weight is 613 g/mol. The van der Waals surface area contributed by atoms with Crippen molar-refractivity contribution in [2.75, 3.05) is 18.8 Å². The molecule has 0 aromatic carbocycles. The molecule has 0 unspecified atom stereocenters. The van der Waals surface area contributed by atoms with Crippen molar-refractivity contribution in [3.8, 4) is 0 Å². The summed E-state index contributed by atoms with van der Waals surface area (Å²) >= 11 is 0. The molecule has 8 N–H and O–H groups in total. The summed E-state index contributed by atoms with van der Waals surface area (Å²) in [6, 6.07) is -0.233. The first-order chi connectivity index (χ1) is 16.5. The number of carboxylic acid groups (broad SMARTS) is 2. The maximum absolute atomic E-state index is 12.3. The van der Waals surface area contributed by atoms with E-state index in [1.54, 1.807) is 6.92 Å². The molecule has 1 saturated heterocycles. The van der Waals surface area contributed by atoms with Gasteiger partial charge in [0.25, 0.3) is 6.47 Å². The average Bonchev–Trinajstić information content (AvgIpc) is 3.03. The second-order valence-electron chi connectivity index (χ2n) is 7.76. The van der Waals surface area contributed by atoms with Gasteiger partial charge < -0.3 is 30.7 Å². The van der Waals surface area contributed by atoms with Gasteiger partial charge in [0.15, 0.2) is 5.72 Å². The van der Waals surface area contributed by atoms with Crippen LogP contribution in [0.3, 0.4) is 0 Å². The third kappa shape index (κ3) is 16.9. The van der Waals surface area contributed by atoms with Gasteiger partial charge in [0.05, 0.1) is 12.3 Å². The van der Waals surface area contributed by atoms with Crippen LogP contribution in [0.25, 0.3) is 0 Å². The fourth-order valence-corrected chi connectivity index (χ4v) is 4.38. The fraction of sp³-hybridized carbons (Fsp3) is 0.812. The van der Waals surface area contributed by atoms with E-state index in [9.17, 15) is 39.6 Å². The van der Waals surface area contributed by atoms with Crippen LogP contribution < -0.4 is 11.5 Å². The van der Waals surface area contributed by atoms with E-state index >= 15 is 0 Å². The van der Waals surface area contributed by atoms with Crippen LogP contribution in [0.2, 0.25) is 6.32 Å². The highest BCUT2D eigenvalue weighted by molar-refractivity contribution is 7.89. The van der Waals surface area contributed by atoms with Crippen molar-refractivity contribution in [3.05, 3.63) is 0 Å². The Morgan fingerprint density at radius 3 is 1.89 bits per heavy atom. The summed E-state index contributed by atoms with van der Waals surface area (Å²) in [6.07, 6.45) is -8.85. The van der Waals surface area contributed by atoms with E-state index in [4.69, 9.17) is 46.1 Å². The Morgan fingerprint density at radius 2 is 1.58 bits per heavy atom. The first-order valence-electron chi connectivity index (χ1n) is 10.1. The van der Waals surface area contributed by atoms with Gasteiger partial charge in [-0.25, -0.2) is 18.0 Å². The van der Waals surface area contributed by atoms with Crippen molar-refractivity contribution >= 4 is 49.0 Å². The normalized spacial score (nSPS) is 20.4. The summed E-state index contributed by atoms with van der Waals surface area (Å²) in [5.41, 5.74) is 10.3. The minimum absolute atomic E-state index is 0. The topological polar surface area (TPSA) is 231 Å². The number of aliphatic carboxylic acids is 2. The second kappa shape index (κ2) is 17.0. The van der Waals surface area contributed by atoms with Gasteiger partial charge in [-0.15, -0.1) is 0 Å². The van der Waals surface area contributed by atoms with E-state index in [0.717, 1.165) is 0 Å². The predicted octanol–water partition coefficient (Wildman–Crippen LogP) is -0.554. The van der Waals surface area contributed by atoms with E-state index in [1.807, 2.05) is 0 Å². The number of carbonyl (C=O) groups is 3. The molecule has 1 rings (SSSR count). The van der Waals surface area contributed by atoms with Crippen molar-refractivity contribution in [1.29, 1.82) is 0 Å². The maximum atomic E-state index is 12.3. The number of carboxylic acids is 2. The third-order valence-corrected chi connectivity index (χ3v) is 6.35. The molecular weight excluding hydrogens is 583 g/mol. The number of ether oxygens (including phenoxy) is 1. The van der Waals surface area contributed by atoms with Crippen molar-refractivity contribution in [2.45, 2.75) is 56.6 Å². The van der Waals surface area contributed by atoms with Crippen LogP contribution in [0, 0.1) is 5.92 Å². The smallest absolute Gasteiger partial charge is 0.475 e. The number of hydrogen-bond acceptors (Lipinski definition) is 10. The summed E-state index contributed by atoms with van der Waals surface area (Å²) in [7, 11) is -4.97. The zero-order valence-corrected chi connectivity index (χ0v) is 21.6. The predicted molar refractivity (Wildman–Crippen MR) is 123 cm³/mol. The van der Waals surface area contributed by atoms with Gasteiger partial charge in [-0.05, 0) is 26.1 Å². The Bertz CT molecular complexity index is 825. The molecule has 1 aliphatic heterocycles. The second-order valence-corrected chi connectivity index (χ2v) is 9.85. The monoisotopic (exact) mass is 613 g/mol. The van der Waals surface area contributed by atoms with Gasteiger partial charge in [0.1, 0.15) is 0 Å². The number of sulfonamides is 1. The number of rotatable bonds is 10. The highest BCUT2D eigenvalue weighted by Crippen LogP contribution is 2.32. The van der Waals surface area contributed by atoms with Crippen LogP contribution in [0.5, 0.6) is 0 Å². The molecule has 0 bridgehead atoms. The Morgan fingerprint density at radius 1 is 1.16 bits per heavy atom. The lowest BCUT2D eigenvalue weighted by molar-refractivity contribution is -0.193. The van der Waals surface area contributed by atoms with E-state index in [-0.39, 0.29) is 51.2 Å². The van der Waals surface area contributed by atoms with E-state index < -0.39 is 53.1 Å². The first-order valence-corrected chi connectivity index (χ1v) is 11.7. The first kappa shape index (κ1) is 40.6. The van der Waals surface area contributed by atoms with Gasteiger partial charge in [-0.3, -0.25) is 10.5 Å². The summed E-state index contributed by atoms with van der Waals surface area (Å²) in [6.45, 7) is 1.96. The lowest BCUT2D eigenvalue weighted by Crippen LogP contribution is -2.50. The van der Waals surface area contributed by atoms with Gasteiger partial charge in [0, 0.05) is 18.5 Å². The quantitative estimate of drug-likeness (QED) is 0.0789. The minimum Gasteiger partial charge on any atom is -0.475 e. The fourth-order valence-electron chi connectivity index (χ4n) is 2.65. The van der Waals surface area contributed by atoms with Crippen LogP contribution in [-0.2, 0) is 29.1 Å². The summed E-state index contributed by atoms with van der Waals surface area (Å²) < 4.78 is 94.3. The molecule has 0 saturated carbocycles. The van der Waals surface area contributed by atoms with Crippen molar-refractivity contribution in [1.82, 2.24) is 4.31 Å². The molecule has 38 heavy (non-hydrogen) atoms. The molecule has 1 aliphatic rings. The zero-order chi connectivity index (χ0) is 29.8. The number of halogens is 6. The molecule has 0 aliphatic carbocycles. The zero-order valence-electron chi connectivity index (χ0n) is 19.8. The summed E-state index contributed by atoms with van der Waals surface area (Å²) in [5.74, 6) is -6.01. The maximum Gasteiger partial charge on any atom is 0.490 e. The molecule has 22 heteroatoms. The number of nitrogens with zero attached hydrogens (tertiary/aromatic N) is 1. The molecule has 1 heterocycles. The molecule has 0 aromatic rings. The highest BCUT2D eigenvalue weighted by atomic mass is 32.2. The summed E-state index contributed by atoms with van der Waals surface area (Å²) in [5, 5.41) is 32.0. The molecule has 0 amide bonds. The number of alkyl halides is 6. The van der Waals surface area contributed by atoms with Crippen LogP contribution in [0.1, 0.15) is 26.2 Å². The Balaban J connectivity index is -0.000000672.